The normalized spacial score (nSPS) is 14.4. The number of ether oxygens (including phenoxy) is 3. The second-order valence-electron chi connectivity index (χ2n) is 7.50. The Balaban J connectivity index is 1.91. The fourth-order valence-electron chi connectivity index (χ4n) is 3.60. The summed E-state index contributed by atoms with van der Waals surface area (Å²) in [6.45, 7) is 1.21. The van der Waals surface area contributed by atoms with E-state index in [-0.39, 0.29) is 58.0 Å². The highest BCUT2D eigenvalue weighted by Crippen LogP contribution is 2.41. The quantitative estimate of drug-likeness (QED) is 0.580. The van der Waals surface area contributed by atoms with E-state index in [9.17, 15) is 28.5 Å². The summed E-state index contributed by atoms with van der Waals surface area (Å²) in [5.74, 6) is -1.12. The van der Waals surface area contributed by atoms with Gasteiger partial charge in [0.1, 0.15) is 23.5 Å². The molecule has 1 heterocycles. The number of alkyl halides is 3. The number of carbonyl (C=O) groups excluding carboxylic acids is 1. The topological polar surface area (TPSA) is 95.6 Å². The third-order valence-corrected chi connectivity index (χ3v) is 5.87. The maximum absolute atomic E-state index is 13.3. The van der Waals surface area contributed by atoms with E-state index >= 15 is 0 Å². The summed E-state index contributed by atoms with van der Waals surface area (Å²) < 4.78 is 54.7. The predicted molar refractivity (Wildman–Crippen MR) is 115 cm³/mol. The van der Waals surface area contributed by atoms with Crippen LogP contribution in [-0.2, 0) is 0 Å². The molecular formula is C23H19ClF3N3O4. The summed E-state index contributed by atoms with van der Waals surface area (Å²) in [6, 6.07) is 9.47. The molecule has 0 aromatic heterocycles. The molecule has 2 aromatic carbocycles. The molecule has 1 saturated heterocycles. The first-order valence-electron chi connectivity index (χ1n) is 9.97. The largest absolute Gasteiger partial charge is 0.494 e. The van der Waals surface area contributed by atoms with Crippen LogP contribution in [0.2, 0.25) is 5.02 Å². The molecule has 0 saturated carbocycles. The molecular weight excluding hydrogens is 475 g/mol. The molecule has 0 aliphatic carbocycles. The SMILES string of the molecule is COc1c(C#N)ccc(C2CN(C(=O)c3c(O[C@@H](C)C(F)(F)F)ccc(C#N)c3OC)C2)c1Cl. The van der Waals surface area contributed by atoms with Crippen LogP contribution in [0.1, 0.15) is 39.9 Å². The van der Waals surface area contributed by atoms with Crippen molar-refractivity contribution in [3.63, 3.8) is 0 Å². The first kappa shape index (κ1) is 25.0. The van der Waals surface area contributed by atoms with Gasteiger partial charge in [-0.3, -0.25) is 4.79 Å². The zero-order valence-electron chi connectivity index (χ0n) is 18.4. The van der Waals surface area contributed by atoms with Gasteiger partial charge >= 0.3 is 6.18 Å². The van der Waals surface area contributed by atoms with Gasteiger partial charge in [-0.2, -0.15) is 23.7 Å². The molecule has 1 aliphatic heterocycles. The van der Waals surface area contributed by atoms with Gasteiger partial charge in [0.05, 0.1) is 30.4 Å². The molecule has 178 valence electrons. The first-order chi connectivity index (χ1) is 16.1. The van der Waals surface area contributed by atoms with Crippen LogP contribution in [0.3, 0.4) is 0 Å². The summed E-state index contributed by atoms with van der Waals surface area (Å²) in [4.78, 5) is 14.7. The Labute approximate surface area is 198 Å². The van der Waals surface area contributed by atoms with E-state index in [1.807, 2.05) is 12.1 Å². The number of nitrogens with zero attached hydrogens (tertiary/aromatic N) is 3. The molecule has 11 heteroatoms. The molecule has 3 rings (SSSR count). The van der Waals surface area contributed by atoms with Crippen LogP contribution >= 0.6 is 11.6 Å². The second kappa shape index (κ2) is 9.70. The van der Waals surface area contributed by atoms with E-state index < -0.39 is 18.2 Å². The lowest BCUT2D eigenvalue weighted by Gasteiger charge is -2.40. The Bertz CT molecular complexity index is 1200. The lowest BCUT2D eigenvalue weighted by Crippen LogP contribution is -2.48. The molecule has 34 heavy (non-hydrogen) atoms. The van der Waals surface area contributed by atoms with Crippen molar-refractivity contribution >= 4 is 17.5 Å². The van der Waals surface area contributed by atoms with Crippen molar-refractivity contribution in [1.82, 2.24) is 4.90 Å². The summed E-state index contributed by atoms with van der Waals surface area (Å²) in [5.41, 5.74) is 0.651. The molecule has 1 aliphatic rings. The van der Waals surface area contributed by atoms with Crippen LogP contribution in [0, 0.1) is 22.7 Å². The monoisotopic (exact) mass is 493 g/mol. The van der Waals surface area contributed by atoms with Crippen molar-refractivity contribution in [3.05, 3.63) is 51.5 Å². The van der Waals surface area contributed by atoms with Gasteiger partial charge in [0.25, 0.3) is 5.91 Å². The minimum Gasteiger partial charge on any atom is -0.494 e. The van der Waals surface area contributed by atoms with Crippen molar-refractivity contribution in [3.8, 4) is 29.4 Å². The van der Waals surface area contributed by atoms with E-state index in [0.717, 1.165) is 13.0 Å². The molecule has 1 fully saturated rings. The number of hydrogen-bond donors (Lipinski definition) is 0. The minimum atomic E-state index is -4.66. The number of rotatable bonds is 6. The standard InChI is InChI=1S/C23H19ClF3N3O4/c1-12(23(25,26)27)34-17-7-5-13(8-28)20(32-2)18(17)22(31)30-10-15(11-30)16-6-4-14(9-29)21(33-3)19(16)24/h4-7,12,15H,10-11H2,1-3H3/t12-/m0/s1. The second-order valence-corrected chi connectivity index (χ2v) is 7.88. The van der Waals surface area contributed by atoms with Crippen molar-refractivity contribution in [2.24, 2.45) is 0 Å². The van der Waals surface area contributed by atoms with Crippen LogP contribution in [0.15, 0.2) is 24.3 Å². The van der Waals surface area contributed by atoms with E-state index in [4.69, 9.17) is 25.8 Å². The van der Waals surface area contributed by atoms with Crippen molar-refractivity contribution in [2.45, 2.75) is 25.1 Å². The summed E-state index contributed by atoms with van der Waals surface area (Å²) >= 11 is 6.39. The lowest BCUT2D eigenvalue weighted by molar-refractivity contribution is -0.189. The van der Waals surface area contributed by atoms with Gasteiger partial charge < -0.3 is 19.1 Å². The maximum atomic E-state index is 13.3. The van der Waals surface area contributed by atoms with Gasteiger partial charge in [0, 0.05) is 19.0 Å². The Morgan fingerprint density at radius 3 is 2.18 bits per heavy atom. The zero-order chi connectivity index (χ0) is 25.2. The van der Waals surface area contributed by atoms with Crippen molar-refractivity contribution in [1.29, 1.82) is 10.5 Å². The molecule has 1 amide bonds. The molecule has 2 aromatic rings. The fourth-order valence-corrected chi connectivity index (χ4v) is 3.99. The van der Waals surface area contributed by atoms with Crippen LogP contribution < -0.4 is 14.2 Å². The minimum absolute atomic E-state index is 0.0187. The number of hydrogen-bond acceptors (Lipinski definition) is 6. The van der Waals surface area contributed by atoms with E-state index in [1.54, 1.807) is 12.1 Å². The molecule has 0 radical (unpaired) electrons. The number of amides is 1. The van der Waals surface area contributed by atoms with Crippen LogP contribution in [0.4, 0.5) is 13.2 Å². The fraction of sp³-hybridized carbons (Fsp3) is 0.348. The Morgan fingerprint density at radius 1 is 1.09 bits per heavy atom. The van der Waals surface area contributed by atoms with Crippen LogP contribution in [0.5, 0.6) is 17.2 Å². The third kappa shape index (κ3) is 4.55. The average molecular weight is 494 g/mol. The zero-order valence-corrected chi connectivity index (χ0v) is 19.1. The Kier molecular flexibility index (Phi) is 7.13. The van der Waals surface area contributed by atoms with Gasteiger partial charge in [-0.05, 0) is 30.7 Å². The number of benzene rings is 2. The third-order valence-electron chi connectivity index (χ3n) is 5.48. The number of nitriles is 2. The number of likely N-dealkylation sites (tertiary alicyclic amines) is 1. The van der Waals surface area contributed by atoms with Gasteiger partial charge in [-0.25, -0.2) is 0 Å². The Morgan fingerprint density at radius 2 is 1.65 bits per heavy atom. The highest BCUT2D eigenvalue weighted by atomic mass is 35.5. The highest BCUT2D eigenvalue weighted by Gasteiger charge is 2.41. The Hall–Kier alpha value is -3.63. The molecule has 7 nitrogen and oxygen atoms in total. The number of carbonyl (C=O) groups is 1. The smallest absolute Gasteiger partial charge is 0.425 e. The molecule has 0 N–H and O–H groups in total. The summed E-state index contributed by atoms with van der Waals surface area (Å²) in [6.07, 6.45) is -6.85. The van der Waals surface area contributed by atoms with Gasteiger partial charge in [0.2, 0.25) is 0 Å². The average Bonchev–Trinajstić information content (AvgIpc) is 2.77. The lowest BCUT2D eigenvalue weighted by atomic mass is 9.89. The van der Waals surface area contributed by atoms with Crippen molar-refractivity contribution < 1.29 is 32.2 Å². The molecule has 0 bridgehead atoms. The molecule has 0 spiro atoms. The van der Waals surface area contributed by atoms with Gasteiger partial charge in [0.15, 0.2) is 17.6 Å². The first-order valence-corrected chi connectivity index (χ1v) is 10.3. The van der Waals surface area contributed by atoms with E-state index in [2.05, 4.69) is 0 Å². The number of methoxy groups -OCH3 is 2. The summed E-state index contributed by atoms with van der Waals surface area (Å²) in [5, 5.41) is 18.8. The molecule has 0 unspecified atom stereocenters. The van der Waals surface area contributed by atoms with Gasteiger partial charge in [-0.15, -0.1) is 0 Å². The predicted octanol–water partition coefficient (Wildman–Crippen LogP) is 4.67. The van der Waals surface area contributed by atoms with Crippen LogP contribution in [0.25, 0.3) is 0 Å². The van der Waals surface area contributed by atoms with E-state index in [0.29, 0.717) is 5.56 Å². The summed E-state index contributed by atoms with van der Waals surface area (Å²) in [7, 11) is 2.60. The molecule has 1 atom stereocenters. The van der Waals surface area contributed by atoms with Crippen LogP contribution in [-0.4, -0.2) is 50.4 Å². The number of halogens is 4. The van der Waals surface area contributed by atoms with Crippen molar-refractivity contribution in [2.75, 3.05) is 27.3 Å². The highest BCUT2D eigenvalue weighted by molar-refractivity contribution is 6.33. The van der Waals surface area contributed by atoms with Gasteiger partial charge in [-0.1, -0.05) is 17.7 Å². The maximum Gasteiger partial charge on any atom is 0.425 e. The van der Waals surface area contributed by atoms with E-state index in [1.165, 1.54) is 25.2 Å².